The second kappa shape index (κ2) is 5.26. The first kappa shape index (κ1) is 12.0. The number of aromatic nitrogens is 4. The van der Waals surface area contributed by atoms with Crippen LogP contribution in [0.3, 0.4) is 0 Å². The van der Waals surface area contributed by atoms with Crippen molar-refractivity contribution < 1.29 is 9.90 Å². The average Bonchev–Trinajstić information content (AvgIpc) is 2.86. The van der Waals surface area contributed by atoms with Crippen LogP contribution in [-0.4, -0.2) is 44.9 Å². The number of tetrazole rings is 1. The third kappa shape index (κ3) is 2.62. The molecule has 0 saturated heterocycles. The van der Waals surface area contributed by atoms with Gasteiger partial charge in [-0.05, 0) is 22.6 Å². The average molecular weight is 247 g/mol. The van der Waals surface area contributed by atoms with Crippen molar-refractivity contribution in [3.63, 3.8) is 0 Å². The van der Waals surface area contributed by atoms with Crippen LogP contribution in [0.1, 0.15) is 6.42 Å². The third-order valence-electron chi connectivity index (χ3n) is 2.46. The van der Waals surface area contributed by atoms with Crippen LogP contribution >= 0.6 is 0 Å². The minimum Gasteiger partial charge on any atom is -0.481 e. The number of hydrogen-bond donors (Lipinski definition) is 1. The van der Waals surface area contributed by atoms with E-state index in [2.05, 4.69) is 15.5 Å². The fraction of sp³-hybridized carbons (Fsp3) is 0.273. The summed E-state index contributed by atoms with van der Waals surface area (Å²) in [4.78, 5) is 12.3. The van der Waals surface area contributed by atoms with E-state index in [4.69, 9.17) is 5.11 Å². The molecule has 0 spiro atoms. The summed E-state index contributed by atoms with van der Waals surface area (Å²) >= 11 is 0. The summed E-state index contributed by atoms with van der Waals surface area (Å²) < 4.78 is 1.57. The highest BCUT2D eigenvalue weighted by Gasteiger charge is 2.13. The van der Waals surface area contributed by atoms with E-state index >= 15 is 0 Å². The normalized spacial score (nSPS) is 10.3. The highest BCUT2D eigenvalue weighted by molar-refractivity contribution is 5.67. The maximum absolute atomic E-state index is 10.5. The lowest BCUT2D eigenvalue weighted by molar-refractivity contribution is -0.136. The van der Waals surface area contributed by atoms with Gasteiger partial charge in [0, 0.05) is 13.6 Å². The summed E-state index contributed by atoms with van der Waals surface area (Å²) in [7, 11) is 1.76. The minimum atomic E-state index is -0.847. The summed E-state index contributed by atoms with van der Waals surface area (Å²) in [5, 5.41) is 20.1. The van der Waals surface area contributed by atoms with Crippen LogP contribution in [0.5, 0.6) is 0 Å². The van der Waals surface area contributed by atoms with Crippen molar-refractivity contribution in [1.29, 1.82) is 0 Å². The van der Waals surface area contributed by atoms with Crippen molar-refractivity contribution in [3.8, 4) is 5.69 Å². The molecule has 0 fully saturated rings. The first-order chi connectivity index (χ1) is 8.68. The Hall–Kier alpha value is -2.44. The Morgan fingerprint density at radius 3 is 2.78 bits per heavy atom. The van der Waals surface area contributed by atoms with E-state index in [-0.39, 0.29) is 6.42 Å². The first-order valence-corrected chi connectivity index (χ1v) is 5.45. The Morgan fingerprint density at radius 1 is 1.39 bits per heavy atom. The summed E-state index contributed by atoms with van der Waals surface area (Å²) in [5.74, 6) is -0.331. The highest BCUT2D eigenvalue weighted by Crippen LogP contribution is 2.13. The topological polar surface area (TPSA) is 84.1 Å². The lowest BCUT2D eigenvalue weighted by atomic mass is 10.3. The van der Waals surface area contributed by atoms with Gasteiger partial charge in [0.15, 0.2) is 0 Å². The van der Waals surface area contributed by atoms with Gasteiger partial charge in [-0.2, -0.15) is 4.68 Å². The van der Waals surface area contributed by atoms with Crippen molar-refractivity contribution in [2.45, 2.75) is 6.42 Å². The molecule has 2 aromatic rings. The van der Waals surface area contributed by atoms with Crippen LogP contribution in [0.2, 0.25) is 0 Å². The maximum atomic E-state index is 10.5. The molecule has 0 aliphatic carbocycles. The van der Waals surface area contributed by atoms with Crippen molar-refractivity contribution in [2.24, 2.45) is 0 Å². The molecular formula is C11H13N5O2. The number of aliphatic carboxylic acids is 1. The summed E-state index contributed by atoms with van der Waals surface area (Å²) in [6.45, 7) is 0.350. The molecule has 0 bridgehead atoms. The molecule has 18 heavy (non-hydrogen) atoms. The Balaban J connectivity index is 2.20. The zero-order chi connectivity index (χ0) is 13.0. The van der Waals surface area contributed by atoms with Gasteiger partial charge >= 0.3 is 5.97 Å². The fourth-order valence-electron chi connectivity index (χ4n) is 1.52. The number of carboxylic acid groups (broad SMARTS) is 1. The zero-order valence-electron chi connectivity index (χ0n) is 9.89. The summed E-state index contributed by atoms with van der Waals surface area (Å²) in [6.07, 6.45) is 0.0398. The number of hydrogen-bond acceptors (Lipinski definition) is 5. The van der Waals surface area contributed by atoms with Gasteiger partial charge in [0.05, 0.1) is 12.1 Å². The van der Waals surface area contributed by atoms with E-state index in [1.807, 2.05) is 30.3 Å². The Kier molecular flexibility index (Phi) is 3.52. The molecule has 0 atom stereocenters. The van der Waals surface area contributed by atoms with E-state index in [9.17, 15) is 4.79 Å². The third-order valence-corrected chi connectivity index (χ3v) is 2.46. The second-order valence-electron chi connectivity index (χ2n) is 3.79. The second-order valence-corrected chi connectivity index (χ2v) is 3.79. The number of benzene rings is 1. The molecule has 1 heterocycles. The van der Waals surface area contributed by atoms with Crippen LogP contribution in [-0.2, 0) is 4.79 Å². The SMILES string of the molecule is CN(CCC(=O)O)c1nnnn1-c1ccccc1. The van der Waals surface area contributed by atoms with Crippen LogP contribution in [0.15, 0.2) is 30.3 Å². The van der Waals surface area contributed by atoms with Gasteiger partial charge in [-0.25, -0.2) is 0 Å². The van der Waals surface area contributed by atoms with Crippen LogP contribution in [0.25, 0.3) is 5.69 Å². The van der Waals surface area contributed by atoms with Crippen molar-refractivity contribution in [3.05, 3.63) is 30.3 Å². The molecule has 2 rings (SSSR count). The van der Waals surface area contributed by atoms with Crippen LogP contribution < -0.4 is 4.90 Å². The molecule has 0 radical (unpaired) electrons. The quantitative estimate of drug-likeness (QED) is 0.831. The number of rotatable bonds is 5. The fourth-order valence-corrected chi connectivity index (χ4v) is 1.52. The van der Waals surface area contributed by atoms with Gasteiger partial charge in [-0.15, -0.1) is 0 Å². The number of carboxylic acids is 1. The molecule has 0 aliphatic heterocycles. The monoisotopic (exact) mass is 247 g/mol. The highest BCUT2D eigenvalue weighted by atomic mass is 16.4. The van der Waals surface area contributed by atoms with E-state index in [0.717, 1.165) is 5.69 Å². The molecule has 0 aliphatic rings. The van der Waals surface area contributed by atoms with Crippen molar-refractivity contribution in [1.82, 2.24) is 20.2 Å². The minimum absolute atomic E-state index is 0.0398. The predicted octanol–water partition coefficient (Wildman–Crippen LogP) is 0.573. The Morgan fingerprint density at radius 2 is 2.11 bits per heavy atom. The summed E-state index contributed by atoms with van der Waals surface area (Å²) in [6, 6.07) is 9.44. The van der Waals surface area contributed by atoms with Gasteiger partial charge in [0.2, 0.25) is 5.95 Å². The molecule has 7 heteroatoms. The van der Waals surface area contributed by atoms with E-state index in [0.29, 0.717) is 12.5 Å². The number of para-hydroxylation sites is 1. The van der Waals surface area contributed by atoms with Gasteiger partial charge in [-0.3, -0.25) is 4.79 Å². The molecule has 7 nitrogen and oxygen atoms in total. The Labute approximate surface area is 104 Å². The molecular weight excluding hydrogens is 234 g/mol. The standard InChI is InChI=1S/C11H13N5O2/c1-15(8-7-10(17)18)11-12-13-14-16(11)9-5-3-2-4-6-9/h2-6H,7-8H2,1H3,(H,17,18). The van der Waals surface area contributed by atoms with Crippen LogP contribution in [0, 0.1) is 0 Å². The number of anilines is 1. The number of carbonyl (C=O) groups is 1. The van der Waals surface area contributed by atoms with E-state index < -0.39 is 5.97 Å². The van der Waals surface area contributed by atoms with Gasteiger partial charge in [-0.1, -0.05) is 23.3 Å². The van der Waals surface area contributed by atoms with E-state index in [1.165, 1.54) is 0 Å². The molecule has 1 N–H and O–H groups in total. The van der Waals surface area contributed by atoms with Crippen LogP contribution in [0.4, 0.5) is 5.95 Å². The number of nitrogens with zero attached hydrogens (tertiary/aromatic N) is 5. The molecule has 1 aromatic heterocycles. The summed E-state index contributed by atoms with van der Waals surface area (Å²) in [5.41, 5.74) is 0.833. The maximum Gasteiger partial charge on any atom is 0.305 e. The molecule has 94 valence electrons. The lowest BCUT2D eigenvalue weighted by Gasteiger charge is -2.16. The largest absolute Gasteiger partial charge is 0.481 e. The molecule has 0 saturated carbocycles. The zero-order valence-corrected chi connectivity index (χ0v) is 9.89. The van der Waals surface area contributed by atoms with Crippen molar-refractivity contribution >= 4 is 11.9 Å². The first-order valence-electron chi connectivity index (χ1n) is 5.45. The molecule has 1 aromatic carbocycles. The predicted molar refractivity (Wildman–Crippen MR) is 64.7 cm³/mol. The molecule has 0 amide bonds. The smallest absolute Gasteiger partial charge is 0.305 e. The van der Waals surface area contributed by atoms with E-state index in [1.54, 1.807) is 16.6 Å². The lowest BCUT2D eigenvalue weighted by Crippen LogP contribution is -2.24. The molecule has 0 unspecified atom stereocenters. The van der Waals surface area contributed by atoms with Gasteiger partial charge in [0.1, 0.15) is 0 Å². The Bertz CT molecular complexity index is 525. The van der Waals surface area contributed by atoms with Crippen molar-refractivity contribution in [2.75, 3.05) is 18.5 Å². The van der Waals surface area contributed by atoms with Gasteiger partial charge in [0.25, 0.3) is 0 Å². The van der Waals surface area contributed by atoms with Gasteiger partial charge < -0.3 is 10.0 Å².